The van der Waals surface area contributed by atoms with Crippen LogP contribution in [0.3, 0.4) is 0 Å². The van der Waals surface area contributed by atoms with E-state index < -0.39 is 0 Å². The van der Waals surface area contributed by atoms with Crippen LogP contribution in [0.4, 0.5) is 0 Å². The van der Waals surface area contributed by atoms with Gasteiger partial charge in [0.1, 0.15) is 0 Å². The first-order chi connectivity index (χ1) is 8.99. The topological polar surface area (TPSA) is 43.8 Å². The van der Waals surface area contributed by atoms with Gasteiger partial charge in [0.25, 0.3) is 0 Å². The molecule has 1 aromatic carbocycles. The number of hydrogen-bond donors (Lipinski definition) is 1. The lowest BCUT2D eigenvalue weighted by atomic mass is 9.80. The van der Waals surface area contributed by atoms with Crippen molar-refractivity contribution in [2.75, 3.05) is 0 Å². The van der Waals surface area contributed by atoms with E-state index in [2.05, 4.69) is 56.6 Å². The standard InChI is InChI=1S/C16H25N3/c1-5-16(3,4)15(17)11-13-12-9-7-8-10-14(12)19(6-2)18-13/h7-10,15H,5-6,11,17H2,1-4H3. The zero-order valence-corrected chi connectivity index (χ0v) is 12.5. The van der Waals surface area contributed by atoms with E-state index in [4.69, 9.17) is 10.8 Å². The molecule has 1 atom stereocenters. The lowest BCUT2D eigenvalue weighted by Crippen LogP contribution is -2.38. The molecular formula is C16H25N3. The minimum atomic E-state index is 0.140. The van der Waals surface area contributed by atoms with Crippen molar-refractivity contribution >= 4 is 10.9 Å². The fourth-order valence-corrected chi connectivity index (χ4v) is 2.33. The van der Waals surface area contributed by atoms with Crippen LogP contribution in [0.1, 0.15) is 39.8 Å². The van der Waals surface area contributed by atoms with Gasteiger partial charge in [0.05, 0.1) is 11.2 Å². The summed E-state index contributed by atoms with van der Waals surface area (Å²) in [4.78, 5) is 0. The number of rotatable bonds is 5. The zero-order chi connectivity index (χ0) is 14.0. The minimum Gasteiger partial charge on any atom is -0.327 e. The number of hydrogen-bond acceptors (Lipinski definition) is 2. The molecule has 0 aliphatic heterocycles. The Kier molecular flexibility index (Phi) is 3.95. The number of aryl methyl sites for hydroxylation is 1. The molecule has 19 heavy (non-hydrogen) atoms. The number of para-hydroxylation sites is 1. The van der Waals surface area contributed by atoms with Crippen molar-refractivity contribution in [3.05, 3.63) is 30.0 Å². The Morgan fingerprint density at radius 3 is 2.58 bits per heavy atom. The maximum atomic E-state index is 6.39. The molecule has 3 heteroatoms. The van der Waals surface area contributed by atoms with E-state index in [1.807, 2.05) is 0 Å². The fraction of sp³-hybridized carbons (Fsp3) is 0.562. The first kappa shape index (κ1) is 14.1. The highest BCUT2D eigenvalue weighted by atomic mass is 15.3. The Labute approximate surface area is 115 Å². The van der Waals surface area contributed by atoms with Crippen LogP contribution in [-0.4, -0.2) is 15.8 Å². The molecule has 1 unspecified atom stereocenters. The summed E-state index contributed by atoms with van der Waals surface area (Å²) >= 11 is 0. The van der Waals surface area contributed by atoms with Crippen molar-refractivity contribution in [2.24, 2.45) is 11.1 Å². The third kappa shape index (κ3) is 2.66. The van der Waals surface area contributed by atoms with Gasteiger partial charge in [0, 0.05) is 24.4 Å². The molecule has 1 aromatic heterocycles. The Hall–Kier alpha value is -1.35. The molecule has 0 fully saturated rings. The lowest BCUT2D eigenvalue weighted by molar-refractivity contribution is 0.271. The van der Waals surface area contributed by atoms with Crippen LogP contribution >= 0.6 is 0 Å². The Morgan fingerprint density at radius 2 is 1.95 bits per heavy atom. The average Bonchev–Trinajstić information content (AvgIpc) is 2.77. The number of aromatic nitrogens is 2. The molecule has 0 spiro atoms. The summed E-state index contributed by atoms with van der Waals surface area (Å²) in [5.41, 5.74) is 8.88. The van der Waals surface area contributed by atoms with Crippen LogP contribution in [0.2, 0.25) is 0 Å². The summed E-state index contributed by atoms with van der Waals surface area (Å²) in [5.74, 6) is 0. The SMILES string of the molecule is CCn1nc(CC(N)C(C)(C)CC)c2ccccc21. The average molecular weight is 259 g/mol. The molecule has 104 valence electrons. The molecule has 0 aliphatic rings. The van der Waals surface area contributed by atoms with Gasteiger partial charge in [0.15, 0.2) is 0 Å². The highest BCUT2D eigenvalue weighted by Gasteiger charge is 2.26. The molecule has 0 bridgehead atoms. The number of nitrogens with zero attached hydrogens (tertiary/aromatic N) is 2. The van der Waals surface area contributed by atoms with E-state index in [1.54, 1.807) is 0 Å². The van der Waals surface area contributed by atoms with Crippen molar-refractivity contribution < 1.29 is 0 Å². The summed E-state index contributed by atoms with van der Waals surface area (Å²) in [6.45, 7) is 9.68. The van der Waals surface area contributed by atoms with Gasteiger partial charge in [-0.1, -0.05) is 39.0 Å². The number of fused-ring (bicyclic) bond motifs is 1. The van der Waals surface area contributed by atoms with Gasteiger partial charge in [-0.2, -0.15) is 5.10 Å². The summed E-state index contributed by atoms with van der Waals surface area (Å²) in [6, 6.07) is 8.56. The minimum absolute atomic E-state index is 0.140. The molecule has 2 aromatic rings. The van der Waals surface area contributed by atoms with Gasteiger partial charge in [-0.3, -0.25) is 4.68 Å². The van der Waals surface area contributed by atoms with Crippen LogP contribution in [-0.2, 0) is 13.0 Å². The van der Waals surface area contributed by atoms with Crippen LogP contribution < -0.4 is 5.73 Å². The second-order valence-corrected chi connectivity index (χ2v) is 5.93. The third-order valence-electron chi connectivity index (χ3n) is 4.36. The van der Waals surface area contributed by atoms with E-state index >= 15 is 0 Å². The Balaban J connectivity index is 2.36. The van der Waals surface area contributed by atoms with Gasteiger partial charge < -0.3 is 5.73 Å². The molecule has 0 saturated carbocycles. The predicted molar refractivity (Wildman–Crippen MR) is 81.2 cm³/mol. The second-order valence-electron chi connectivity index (χ2n) is 5.93. The van der Waals surface area contributed by atoms with Crippen LogP contribution in [0.25, 0.3) is 10.9 Å². The van der Waals surface area contributed by atoms with E-state index in [0.717, 1.165) is 25.1 Å². The molecule has 0 aliphatic carbocycles. The molecular weight excluding hydrogens is 234 g/mol. The van der Waals surface area contributed by atoms with Crippen molar-refractivity contribution in [3.63, 3.8) is 0 Å². The second kappa shape index (κ2) is 5.33. The molecule has 0 saturated heterocycles. The van der Waals surface area contributed by atoms with E-state index in [9.17, 15) is 0 Å². The van der Waals surface area contributed by atoms with Crippen molar-refractivity contribution in [2.45, 2.75) is 53.1 Å². The fourth-order valence-electron chi connectivity index (χ4n) is 2.33. The normalized spacial score (nSPS) is 13.9. The van der Waals surface area contributed by atoms with E-state index in [-0.39, 0.29) is 11.5 Å². The highest BCUT2D eigenvalue weighted by molar-refractivity contribution is 5.82. The van der Waals surface area contributed by atoms with Crippen LogP contribution in [0.15, 0.2) is 24.3 Å². The van der Waals surface area contributed by atoms with Crippen molar-refractivity contribution in [1.82, 2.24) is 9.78 Å². The Morgan fingerprint density at radius 1 is 1.26 bits per heavy atom. The molecule has 2 rings (SSSR count). The van der Waals surface area contributed by atoms with E-state index in [1.165, 1.54) is 10.9 Å². The summed E-state index contributed by atoms with van der Waals surface area (Å²) in [6.07, 6.45) is 1.93. The highest BCUT2D eigenvalue weighted by Crippen LogP contribution is 2.27. The maximum absolute atomic E-state index is 6.39. The lowest BCUT2D eigenvalue weighted by Gasteiger charge is -2.30. The smallest absolute Gasteiger partial charge is 0.0719 e. The monoisotopic (exact) mass is 259 g/mol. The molecule has 2 N–H and O–H groups in total. The maximum Gasteiger partial charge on any atom is 0.0719 e. The summed E-state index contributed by atoms with van der Waals surface area (Å²) in [5, 5.41) is 5.97. The van der Waals surface area contributed by atoms with Crippen molar-refractivity contribution in [1.29, 1.82) is 0 Å². The summed E-state index contributed by atoms with van der Waals surface area (Å²) < 4.78 is 2.07. The predicted octanol–water partition coefficient (Wildman–Crippen LogP) is 3.36. The zero-order valence-electron chi connectivity index (χ0n) is 12.5. The van der Waals surface area contributed by atoms with Gasteiger partial charge in [-0.05, 0) is 24.8 Å². The molecule has 3 nitrogen and oxygen atoms in total. The van der Waals surface area contributed by atoms with Crippen molar-refractivity contribution in [3.8, 4) is 0 Å². The van der Waals surface area contributed by atoms with Gasteiger partial charge in [-0.25, -0.2) is 0 Å². The number of nitrogens with two attached hydrogens (primary N) is 1. The third-order valence-corrected chi connectivity index (χ3v) is 4.36. The largest absolute Gasteiger partial charge is 0.327 e. The quantitative estimate of drug-likeness (QED) is 0.894. The van der Waals surface area contributed by atoms with Gasteiger partial charge in [0.2, 0.25) is 0 Å². The van der Waals surface area contributed by atoms with E-state index in [0.29, 0.717) is 0 Å². The van der Waals surface area contributed by atoms with Gasteiger partial charge >= 0.3 is 0 Å². The van der Waals surface area contributed by atoms with Crippen LogP contribution in [0, 0.1) is 5.41 Å². The van der Waals surface area contributed by atoms with Gasteiger partial charge in [-0.15, -0.1) is 0 Å². The number of benzene rings is 1. The molecule has 0 radical (unpaired) electrons. The first-order valence-electron chi connectivity index (χ1n) is 7.19. The molecule has 0 amide bonds. The first-order valence-corrected chi connectivity index (χ1v) is 7.19. The van der Waals surface area contributed by atoms with Crippen LogP contribution in [0.5, 0.6) is 0 Å². The molecule has 1 heterocycles. The Bertz CT molecular complexity index is 554. The summed E-state index contributed by atoms with van der Waals surface area (Å²) in [7, 11) is 0.